The quantitative estimate of drug-likeness (QED) is 0.323. The molecular formula is C36H40N2O4. The Bertz CT molecular complexity index is 1520. The second-order valence-corrected chi connectivity index (χ2v) is 13.6. The van der Waals surface area contributed by atoms with Crippen molar-refractivity contribution in [3.8, 4) is 0 Å². The SMILES string of the molecule is CN1C(=O)[C@](C)(C(=O)C(C)(C)Cc2cccc(CC(C)(C)C(=O)[C@@]3(C)C(=O)N(C)c4ccccc43)c2)c2ccccc21. The van der Waals surface area contributed by atoms with Crippen LogP contribution in [-0.2, 0) is 42.8 Å². The molecule has 2 heterocycles. The number of carbonyl (C=O) groups is 4. The van der Waals surface area contributed by atoms with Crippen LogP contribution in [0.1, 0.15) is 63.8 Å². The Morgan fingerprint density at radius 1 is 0.619 bits per heavy atom. The number of anilines is 2. The maximum Gasteiger partial charge on any atom is 0.244 e. The van der Waals surface area contributed by atoms with Gasteiger partial charge in [-0.1, -0.05) is 88.4 Å². The van der Waals surface area contributed by atoms with E-state index < -0.39 is 21.7 Å². The van der Waals surface area contributed by atoms with Crippen LogP contribution in [0.4, 0.5) is 11.4 Å². The van der Waals surface area contributed by atoms with E-state index >= 15 is 0 Å². The lowest BCUT2D eigenvalue weighted by Crippen LogP contribution is -2.49. The molecule has 0 aliphatic carbocycles. The highest BCUT2D eigenvalue weighted by molar-refractivity contribution is 6.23. The summed E-state index contributed by atoms with van der Waals surface area (Å²) in [6.45, 7) is 11.1. The molecule has 3 aromatic carbocycles. The number of rotatable bonds is 8. The summed E-state index contributed by atoms with van der Waals surface area (Å²) in [7, 11) is 3.44. The third-order valence-corrected chi connectivity index (χ3v) is 9.49. The van der Waals surface area contributed by atoms with E-state index in [1.165, 1.54) is 0 Å². The van der Waals surface area contributed by atoms with Gasteiger partial charge in [0, 0.05) is 36.3 Å². The molecule has 6 heteroatoms. The van der Waals surface area contributed by atoms with E-state index in [9.17, 15) is 19.2 Å². The molecule has 42 heavy (non-hydrogen) atoms. The second-order valence-electron chi connectivity index (χ2n) is 13.6. The number of Topliss-reactive ketones (excluding diaryl/α,β-unsaturated/α-hetero) is 2. The van der Waals surface area contributed by atoms with Crippen LogP contribution in [0, 0.1) is 10.8 Å². The molecule has 2 aliphatic heterocycles. The van der Waals surface area contributed by atoms with Crippen molar-refractivity contribution in [1.29, 1.82) is 0 Å². The van der Waals surface area contributed by atoms with Gasteiger partial charge >= 0.3 is 0 Å². The molecule has 0 N–H and O–H groups in total. The van der Waals surface area contributed by atoms with Gasteiger partial charge in [0.25, 0.3) is 0 Å². The van der Waals surface area contributed by atoms with Crippen molar-refractivity contribution in [3.63, 3.8) is 0 Å². The summed E-state index contributed by atoms with van der Waals surface area (Å²) < 4.78 is 0. The monoisotopic (exact) mass is 564 g/mol. The lowest BCUT2D eigenvalue weighted by Gasteiger charge is -2.33. The summed E-state index contributed by atoms with van der Waals surface area (Å²) in [5, 5.41) is 0. The van der Waals surface area contributed by atoms with Gasteiger partial charge in [-0.15, -0.1) is 0 Å². The molecule has 2 amide bonds. The summed E-state index contributed by atoms with van der Waals surface area (Å²) >= 11 is 0. The predicted octanol–water partition coefficient (Wildman–Crippen LogP) is 5.83. The van der Waals surface area contributed by atoms with Gasteiger partial charge in [0.1, 0.15) is 10.8 Å². The largest absolute Gasteiger partial charge is 0.314 e. The molecular weight excluding hydrogens is 524 g/mol. The minimum atomic E-state index is -1.26. The van der Waals surface area contributed by atoms with E-state index in [4.69, 9.17) is 0 Å². The standard InChI is InChI=1S/C36H40N2O4/c1-33(2,29(39)35(5)25-16-9-11-18-27(25)37(7)31(35)41)21-23-14-13-15-24(20-23)22-34(3,4)30(40)36(6)26-17-10-12-19-28(26)38(8)32(36)42/h9-20H,21-22H2,1-8H3/t35-,36-/m0/s1. The van der Waals surface area contributed by atoms with Crippen molar-refractivity contribution in [2.75, 3.05) is 23.9 Å². The predicted molar refractivity (Wildman–Crippen MR) is 166 cm³/mol. The number of hydrogen-bond acceptors (Lipinski definition) is 4. The Balaban J connectivity index is 1.39. The molecule has 0 unspecified atom stereocenters. The summed E-state index contributed by atoms with van der Waals surface area (Å²) in [6, 6.07) is 22.9. The average molecular weight is 565 g/mol. The van der Waals surface area contributed by atoms with Crippen LogP contribution in [0.3, 0.4) is 0 Å². The van der Waals surface area contributed by atoms with Crippen LogP contribution in [0.15, 0.2) is 72.8 Å². The molecule has 2 atom stereocenters. The number of nitrogens with zero attached hydrogens (tertiary/aromatic N) is 2. The van der Waals surface area contributed by atoms with Crippen molar-refractivity contribution in [3.05, 3.63) is 95.1 Å². The van der Waals surface area contributed by atoms with Crippen LogP contribution in [0.25, 0.3) is 0 Å². The van der Waals surface area contributed by atoms with Gasteiger partial charge in [0.05, 0.1) is 0 Å². The molecule has 0 saturated heterocycles. The van der Waals surface area contributed by atoms with E-state index in [1.807, 2.05) is 100 Å². The van der Waals surface area contributed by atoms with Gasteiger partial charge in [0.15, 0.2) is 11.6 Å². The van der Waals surface area contributed by atoms with Gasteiger partial charge in [-0.05, 0) is 61.1 Å². The maximum absolute atomic E-state index is 14.1. The summed E-state index contributed by atoms with van der Waals surface area (Å²) in [4.78, 5) is 58.2. The van der Waals surface area contributed by atoms with Crippen LogP contribution in [0.2, 0.25) is 0 Å². The Morgan fingerprint density at radius 3 is 1.36 bits per heavy atom. The van der Waals surface area contributed by atoms with Crippen LogP contribution >= 0.6 is 0 Å². The number of para-hydroxylation sites is 2. The number of amides is 2. The molecule has 2 aliphatic rings. The molecule has 0 spiro atoms. The fourth-order valence-corrected chi connectivity index (χ4v) is 7.32. The number of benzene rings is 3. The number of fused-ring (bicyclic) bond motifs is 2. The minimum Gasteiger partial charge on any atom is -0.314 e. The van der Waals surface area contributed by atoms with Crippen LogP contribution in [-0.4, -0.2) is 37.5 Å². The number of ketones is 2. The van der Waals surface area contributed by atoms with Gasteiger partial charge in [-0.25, -0.2) is 0 Å². The number of hydrogen-bond donors (Lipinski definition) is 0. The maximum atomic E-state index is 14.1. The first kappa shape index (κ1) is 29.4. The number of carbonyl (C=O) groups excluding carboxylic acids is 4. The highest BCUT2D eigenvalue weighted by Gasteiger charge is 2.56. The Labute approximate surface area is 248 Å². The highest BCUT2D eigenvalue weighted by Crippen LogP contribution is 2.47. The lowest BCUT2D eigenvalue weighted by molar-refractivity contribution is -0.140. The molecule has 0 saturated carbocycles. The zero-order valence-electron chi connectivity index (χ0n) is 25.9. The second kappa shape index (κ2) is 9.75. The zero-order valence-corrected chi connectivity index (χ0v) is 25.9. The van der Waals surface area contributed by atoms with Crippen molar-refractivity contribution in [2.24, 2.45) is 10.8 Å². The molecule has 0 bridgehead atoms. The Kier molecular flexibility index (Phi) is 6.84. The average Bonchev–Trinajstić information content (AvgIpc) is 3.28. The number of likely N-dealkylation sites (N-methyl/N-ethyl adjacent to an activating group) is 2. The van der Waals surface area contributed by atoms with E-state index in [-0.39, 0.29) is 23.4 Å². The first-order valence-electron chi connectivity index (χ1n) is 14.5. The smallest absolute Gasteiger partial charge is 0.244 e. The van der Waals surface area contributed by atoms with Crippen molar-refractivity contribution in [1.82, 2.24) is 0 Å². The molecule has 5 rings (SSSR count). The summed E-state index contributed by atoms with van der Waals surface area (Å²) in [6.07, 6.45) is 0.883. The molecule has 6 nitrogen and oxygen atoms in total. The van der Waals surface area contributed by atoms with Crippen molar-refractivity contribution >= 4 is 34.8 Å². The van der Waals surface area contributed by atoms with Crippen LogP contribution < -0.4 is 9.80 Å². The van der Waals surface area contributed by atoms with Gasteiger partial charge in [0.2, 0.25) is 11.8 Å². The molecule has 0 aromatic heterocycles. The Morgan fingerprint density at radius 2 is 0.976 bits per heavy atom. The molecule has 3 aromatic rings. The van der Waals surface area contributed by atoms with Crippen LogP contribution in [0.5, 0.6) is 0 Å². The topological polar surface area (TPSA) is 74.8 Å². The first-order valence-corrected chi connectivity index (χ1v) is 14.5. The summed E-state index contributed by atoms with van der Waals surface area (Å²) in [5.74, 6) is -0.655. The first-order chi connectivity index (χ1) is 19.6. The Hall–Kier alpha value is -4.06. The highest BCUT2D eigenvalue weighted by atomic mass is 16.2. The van der Waals surface area contributed by atoms with E-state index in [0.717, 1.165) is 33.6 Å². The lowest BCUT2D eigenvalue weighted by atomic mass is 9.66. The third-order valence-electron chi connectivity index (χ3n) is 9.49. The van der Waals surface area contributed by atoms with Crippen molar-refractivity contribution < 1.29 is 19.2 Å². The van der Waals surface area contributed by atoms with Gasteiger partial charge in [-0.2, -0.15) is 0 Å². The fourth-order valence-electron chi connectivity index (χ4n) is 7.32. The van der Waals surface area contributed by atoms with E-state index in [0.29, 0.717) is 12.8 Å². The molecule has 0 radical (unpaired) electrons. The van der Waals surface area contributed by atoms with Gasteiger partial charge < -0.3 is 9.80 Å². The van der Waals surface area contributed by atoms with E-state index in [1.54, 1.807) is 37.7 Å². The summed E-state index contributed by atoms with van der Waals surface area (Å²) in [5.41, 5.74) is 0.767. The normalized spacial score (nSPS) is 21.9. The molecule has 218 valence electrons. The molecule has 0 fully saturated rings. The zero-order chi connectivity index (χ0) is 30.8. The van der Waals surface area contributed by atoms with E-state index in [2.05, 4.69) is 0 Å². The minimum absolute atomic E-state index is 0.117. The van der Waals surface area contributed by atoms with Crippen molar-refractivity contribution in [2.45, 2.75) is 65.2 Å². The fraction of sp³-hybridized carbons (Fsp3) is 0.389. The third kappa shape index (κ3) is 4.22. The van der Waals surface area contributed by atoms with Gasteiger partial charge in [-0.3, -0.25) is 19.2 Å².